The van der Waals surface area contributed by atoms with E-state index in [1.165, 1.54) is 297 Å². The van der Waals surface area contributed by atoms with Crippen molar-refractivity contribution in [1.82, 2.24) is 49.8 Å². The van der Waals surface area contributed by atoms with Gasteiger partial charge in [0.15, 0.2) is 0 Å². The molecule has 5 aliphatic carbocycles. The Hall–Kier alpha value is -17.3. The molecule has 10 aliphatic heterocycles. The Morgan fingerprint density at radius 3 is 0.771 bits per heavy atom. The van der Waals surface area contributed by atoms with Crippen LogP contribution in [-0.2, 0) is 96.3 Å². The van der Waals surface area contributed by atoms with Crippen LogP contribution >= 0.6 is 0 Å². The molecular formula is C125H85N15. The maximum Gasteiger partial charge on any atom is 0.141 e. The molecular weight excluding hydrogens is 1710 g/mol. The maximum atomic E-state index is 4.78. The fourth-order valence-electron chi connectivity index (χ4n) is 26.5. The number of fused-ring (bicyclic) bond motifs is 40. The summed E-state index contributed by atoms with van der Waals surface area (Å²) in [7, 11) is 0. The summed E-state index contributed by atoms with van der Waals surface area (Å²) in [5.41, 5.74) is 74.0. The second-order valence-electron chi connectivity index (χ2n) is 39.5. The summed E-state index contributed by atoms with van der Waals surface area (Å²) in [6.45, 7) is 0. The monoisotopic (exact) mass is 1800 g/mol. The SMILES string of the molecule is c1ccc2c(c1)Cc1c-2cc2c3c1Cc1cccnc1N3c1ccncc1C2.c1ccc2c(c1)Cc1c-2cc2c3c1Cc1ccncc1N3c1ccncc1C2.c1ccc2c(c1)Cc1c-2cc2c3c1Cc1ccncc1N3c1cnccc1C2.c1ccc2c(c1)Cc1c-2cc2c3c1Cc1cnccc1N3c1cnccc1C2.c1ccc2c(c1)Cc1c-2cc2c3c1Cc1ncccc1N3c1cnccc1C2. The van der Waals surface area contributed by atoms with Gasteiger partial charge < -0.3 is 19.6 Å². The van der Waals surface area contributed by atoms with E-state index in [-0.39, 0.29) is 0 Å². The minimum Gasteiger partial charge on any atom is -0.308 e. The molecule has 0 saturated heterocycles. The van der Waals surface area contributed by atoms with Gasteiger partial charge in [-0.25, -0.2) is 4.98 Å². The van der Waals surface area contributed by atoms with Gasteiger partial charge in [0.1, 0.15) is 5.82 Å². The lowest BCUT2D eigenvalue weighted by Gasteiger charge is -2.39. The predicted octanol–water partition coefficient (Wildman–Crippen LogP) is 26.6. The summed E-state index contributed by atoms with van der Waals surface area (Å²) in [6.07, 6.45) is 49.8. The molecule has 15 nitrogen and oxygen atoms in total. The fraction of sp³-hybridized carbons (Fsp3) is 0.120. The number of hydrogen-bond donors (Lipinski definition) is 0. The lowest BCUT2D eigenvalue weighted by molar-refractivity contribution is 0.951. The zero-order chi connectivity index (χ0) is 91.2. The molecule has 0 fully saturated rings. The van der Waals surface area contributed by atoms with E-state index in [1.807, 2.05) is 118 Å². The summed E-state index contributed by atoms with van der Waals surface area (Å²) >= 11 is 0. The van der Waals surface area contributed by atoms with E-state index in [2.05, 4.69) is 283 Å². The van der Waals surface area contributed by atoms with E-state index in [4.69, 9.17) is 9.97 Å². The fourth-order valence-corrected chi connectivity index (χ4v) is 26.5. The standard InChI is InChI=1S/5C25H17N3/c1-2-6-19-15(4-1)11-21-20(19)13-17-10-18-14-26-9-7-23(18)28-24(17)22(21)12-16-5-3-8-27-25(16)28;1-2-5-18-15(4-1)11-20-19(18)12-17-10-16-7-9-26-14-24(16)28-23-6-3-8-27-22(23)13-21(20)25(17)28;1-2-4-19-15(3-1)10-21-20(19)12-17-9-18-13-26-8-6-23(18)28-24-14-27-7-5-16(24)11-22(21)25(17)28;1-2-4-19-15(3-1)10-21-20(19)11-17-9-16-5-7-27-14-24(16)28-23-6-8-26-13-18(23)12-22(21)25(17)28;1-2-4-19-15(3-1)10-21-20(19)12-18-9-16-5-7-26-13-23(16)28-24-14-27-8-6-17(24)11-22(21)25(18)28/h1-9,13-14H,10-12H2;1-9,12,14H,10-11,13H2;1-8,12-14H,9-11H2;1-8,11,13-14H,9-10,12H2;1-8,12-14H,9-11H2. The van der Waals surface area contributed by atoms with Crippen molar-refractivity contribution in [2.24, 2.45) is 0 Å². The van der Waals surface area contributed by atoms with Gasteiger partial charge in [0.25, 0.3) is 0 Å². The lowest BCUT2D eigenvalue weighted by atomic mass is 9.83. The van der Waals surface area contributed by atoms with E-state index in [0.29, 0.717) is 0 Å². The molecule has 0 spiro atoms. The van der Waals surface area contributed by atoms with Crippen LogP contribution < -0.4 is 24.5 Å². The van der Waals surface area contributed by atoms with E-state index in [1.54, 1.807) is 0 Å². The number of nitrogens with zero attached hydrogens (tertiary/aromatic N) is 15. The molecule has 15 heteroatoms. The Morgan fingerprint density at radius 1 is 0.150 bits per heavy atom. The third-order valence-corrected chi connectivity index (χ3v) is 32.4. The van der Waals surface area contributed by atoms with E-state index < -0.39 is 0 Å². The van der Waals surface area contributed by atoms with Gasteiger partial charge in [-0.05, 0) is 346 Å². The molecule has 15 aliphatic rings. The molecule has 140 heavy (non-hydrogen) atoms. The number of rotatable bonds is 0. The molecule has 20 heterocycles. The topological polar surface area (TPSA) is 145 Å². The number of pyridine rings is 10. The second kappa shape index (κ2) is 30.1. The average molecular weight is 1800 g/mol. The minimum atomic E-state index is 0.905. The third-order valence-electron chi connectivity index (χ3n) is 32.4. The summed E-state index contributed by atoms with van der Waals surface area (Å²) in [5, 5.41) is 0. The molecule has 660 valence electrons. The number of benzene rings is 10. The first-order valence-electron chi connectivity index (χ1n) is 49.0. The Bertz CT molecular complexity index is 7660. The van der Waals surface area contributed by atoms with Gasteiger partial charge in [-0.2, -0.15) is 0 Å². The van der Waals surface area contributed by atoms with Crippen molar-refractivity contribution < 1.29 is 0 Å². The molecule has 35 rings (SSSR count). The van der Waals surface area contributed by atoms with Gasteiger partial charge >= 0.3 is 0 Å². The second-order valence-corrected chi connectivity index (χ2v) is 39.5. The lowest BCUT2D eigenvalue weighted by Crippen LogP contribution is -2.26. The van der Waals surface area contributed by atoms with Gasteiger partial charge in [0, 0.05) is 145 Å². The predicted molar refractivity (Wildman–Crippen MR) is 553 cm³/mol. The first-order chi connectivity index (χ1) is 69.4. The highest BCUT2D eigenvalue weighted by molar-refractivity contribution is 6.01. The van der Waals surface area contributed by atoms with Gasteiger partial charge in [-0.15, -0.1) is 0 Å². The van der Waals surface area contributed by atoms with E-state index in [0.717, 1.165) is 108 Å². The highest BCUT2D eigenvalue weighted by atomic mass is 15.2. The summed E-state index contributed by atoms with van der Waals surface area (Å²) in [5.74, 6) is 1.07. The van der Waals surface area contributed by atoms with Gasteiger partial charge in [0.2, 0.25) is 0 Å². The Morgan fingerprint density at radius 2 is 0.400 bits per heavy atom. The van der Waals surface area contributed by atoms with Crippen LogP contribution in [0.1, 0.15) is 167 Å². The molecule has 0 bridgehead atoms. The van der Waals surface area contributed by atoms with Crippen molar-refractivity contribution >= 4 is 85.4 Å². The maximum absolute atomic E-state index is 4.78. The molecule has 10 aromatic heterocycles. The van der Waals surface area contributed by atoms with Crippen molar-refractivity contribution in [3.8, 4) is 55.6 Å². The van der Waals surface area contributed by atoms with E-state index in [9.17, 15) is 0 Å². The zero-order valence-electron chi connectivity index (χ0n) is 76.6. The Labute approximate surface area is 809 Å². The van der Waals surface area contributed by atoms with Crippen LogP contribution in [0.3, 0.4) is 0 Å². The van der Waals surface area contributed by atoms with Gasteiger partial charge in [0.05, 0.1) is 116 Å². The zero-order valence-corrected chi connectivity index (χ0v) is 76.6. The highest BCUT2D eigenvalue weighted by Gasteiger charge is 2.44. The molecule has 0 unspecified atom stereocenters. The van der Waals surface area contributed by atoms with E-state index >= 15 is 0 Å². The first kappa shape index (κ1) is 77.9. The Balaban J connectivity index is 0.0000000806. The Kier molecular flexibility index (Phi) is 16.8. The third kappa shape index (κ3) is 11.5. The van der Waals surface area contributed by atoms with Crippen LogP contribution in [-0.4, -0.2) is 49.8 Å². The van der Waals surface area contributed by atoms with Crippen LogP contribution in [0.5, 0.6) is 0 Å². The van der Waals surface area contributed by atoms with Crippen molar-refractivity contribution in [2.45, 2.75) is 96.3 Å². The quantitative estimate of drug-likeness (QED) is 0.142. The van der Waals surface area contributed by atoms with Crippen molar-refractivity contribution in [1.29, 1.82) is 0 Å². The largest absolute Gasteiger partial charge is 0.308 e. The summed E-state index contributed by atoms with van der Waals surface area (Å²) in [4.78, 5) is 57.0. The molecule has 0 saturated carbocycles. The minimum absolute atomic E-state index is 0.905. The first-order valence-corrected chi connectivity index (χ1v) is 49.0. The number of aromatic nitrogens is 10. The highest BCUT2D eigenvalue weighted by Crippen LogP contribution is 2.62. The van der Waals surface area contributed by atoms with Crippen LogP contribution in [0.25, 0.3) is 55.6 Å². The number of hydrogen-bond acceptors (Lipinski definition) is 15. The molecule has 0 N–H and O–H groups in total. The number of anilines is 15. The van der Waals surface area contributed by atoms with Gasteiger partial charge in [-0.3, -0.25) is 49.8 Å². The smallest absolute Gasteiger partial charge is 0.141 e. The summed E-state index contributed by atoms with van der Waals surface area (Å²) < 4.78 is 0. The molecule has 0 radical (unpaired) electrons. The average Bonchev–Trinajstić information content (AvgIpc) is 1.41. The molecule has 20 aromatic rings. The van der Waals surface area contributed by atoms with Crippen LogP contribution in [0, 0.1) is 0 Å². The van der Waals surface area contributed by atoms with Gasteiger partial charge in [-0.1, -0.05) is 127 Å². The summed E-state index contributed by atoms with van der Waals surface area (Å²) in [6, 6.07) is 82.3. The molecule has 0 amide bonds. The van der Waals surface area contributed by atoms with Crippen molar-refractivity contribution in [3.05, 3.63) is 503 Å². The van der Waals surface area contributed by atoms with Crippen molar-refractivity contribution in [3.63, 3.8) is 0 Å². The van der Waals surface area contributed by atoms with Crippen LogP contribution in [0.15, 0.2) is 336 Å². The molecule has 0 atom stereocenters. The molecule has 10 aromatic carbocycles. The van der Waals surface area contributed by atoms with Crippen LogP contribution in [0.4, 0.5) is 85.4 Å². The van der Waals surface area contributed by atoms with Crippen molar-refractivity contribution in [2.75, 3.05) is 24.5 Å². The van der Waals surface area contributed by atoms with Crippen LogP contribution in [0.2, 0.25) is 0 Å². The normalized spacial score (nSPS) is 14.6.